The maximum Gasteiger partial charge on any atom is 0.306 e. The summed E-state index contributed by atoms with van der Waals surface area (Å²) in [4.78, 5) is 38.0. The zero-order valence-corrected chi connectivity index (χ0v) is 51.0. The van der Waals surface area contributed by atoms with Crippen LogP contribution in [0.15, 0.2) is 48.6 Å². The van der Waals surface area contributed by atoms with Gasteiger partial charge in [0.25, 0.3) is 0 Å². The van der Waals surface area contributed by atoms with E-state index in [9.17, 15) is 14.4 Å². The van der Waals surface area contributed by atoms with Gasteiger partial charge in [0.05, 0.1) is 0 Å². The van der Waals surface area contributed by atoms with Gasteiger partial charge in [0.15, 0.2) is 6.10 Å². The zero-order valence-electron chi connectivity index (χ0n) is 51.0. The Morgan fingerprint density at radius 3 is 0.803 bits per heavy atom. The third-order valence-electron chi connectivity index (χ3n) is 15.1. The summed E-state index contributed by atoms with van der Waals surface area (Å²) in [5.41, 5.74) is 0. The smallest absolute Gasteiger partial charge is 0.306 e. The van der Waals surface area contributed by atoms with Crippen molar-refractivity contribution >= 4 is 17.9 Å². The van der Waals surface area contributed by atoms with Gasteiger partial charge in [-0.3, -0.25) is 14.4 Å². The number of ether oxygens (including phenoxy) is 3. The molecule has 0 bridgehead atoms. The summed E-state index contributed by atoms with van der Waals surface area (Å²) in [7, 11) is 0. The first kappa shape index (κ1) is 73.4. The van der Waals surface area contributed by atoms with Crippen LogP contribution in [-0.4, -0.2) is 37.2 Å². The molecule has 0 aliphatic carbocycles. The van der Waals surface area contributed by atoms with Gasteiger partial charge < -0.3 is 14.2 Å². The minimum atomic E-state index is -0.781. The summed E-state index contributed by atoms with van der Waals surface area (Å²) in [5, 5.41) is 0. The lowest BCUT2D eigenvalue weighted by atomic mass is 10.0. The zero-order chi connectivity index (χ0) is 55.0. The molecule has 444 valence electrons. The molecule has 0 saturated heterocycles. The lowest BCUT2D eigenvalue weighted by Gasteiger charge is -2.18. The van der Waals surface area contributed by atoms with Crippen molar-refractivity contribution in [1.82, 2.24) is 0 Å². The standard InChI is InChI=1S/C70H128O6/c1-4-7-10-13-16-18-20-22-24-26-27-28-29-30-31-32-33-34-35-36-37-38-39-40-41-42-43-45-46-48-50-52-54-57-60-63-69(72)75-66-67(65-74-68(71)62-59-56-15-12-9-6-3)76-70(73)64-61-58-55-53-51-49-47-44-25-23-21-19-17-14-11-8-5-2/h8,11,17,19,23,25,47,49,67H,4-7,9-10,12-16,18,20-22,24,26-46,48,50-66H2,1-3H3/b11-8-,19-17-,25-23-,49-47-. The van der Waals surface area contributed by atoms with Crippen LogP contribution in [0.25, 0.3) is 0 Å². The highest BCUT2D eigenvalue weighted by Crippen LogP contribution is 2.18. The quantitative estimate of drug-likeness (QED) is 0.0261. The first-order chi connectivity index (χ1) is 37.5. The topological polar surface area (TPSA) is 78.9 Å². The molecular formula is C70H128O6. The Morgan fingerprint density at radius 1 is 0.276 bits per heavy atom. The lowest BCUT2D eigenvalue weighted by Crippen LogP contribution is -2.30. The van der Waals surface area contributed by atoms with Crippen LogP contribution >= 0.6 is 0 Å². The molecule has 1 unspecified atom stereocenters. The maximum atomic E-state index is 12.8. The lowest BCUT2D eigenvalue weighted by molar-refractivity contribution is -0.167. The van der Waals surface area contributed by atoms with Gasteiger partial charge in [0, 0.05) is 19.3 Å². The molecule has 0 rings (SSSR count). The van der Waals surface area contributed by atoms with E-state index in [-0.39, 0.29) is 31.1 Å². The van der Waals surface area contributed by atoms with Gasteiger partial charge in [-0.05, 0) is 57.8 Å². The molecule has 0 N–H and O–H groups in total. The van der Waals surface area contributed by atoms with E-state index in [1.165, 1.54) is 225 Å². The monoisotopic (exact) mass is 1060 g/mol. The SMILES string of the molecule is CC/C=C\C/C=C\C/C=C\C/C=C\CCCCCCC(=O)OC(COC(=O)CCCCCCCC)COC(=O)CCCCCCCCCCCCCCCCCCCCCCCCCCCCCCCCCCCCC. The third kappa shape index (κ3) is 62.2. The molecule has 0 fully saturated rings. The Labute approximate surface area is 473 Å². The van der Waals surface area contributed by atoms with Crippen LogP contribution in [0.5, 0.6) is 0 Å². The molecule has 6 nitrogen and oxygen atoms in total. The second kappa shape index (κ2) is 64.9. The number of rotatable bonds is 62. The van der Waals surface area contributed by atoms with Gasteiger partial charge in [-0.25, -0.2) is 0 Å². The van der Waals surface area contributed by atoms with E-state index in [0.29, 0.717) is 19.3 Å². The minimum absolute atomic E-state index is 0.0799. The number of hydrogen-bond acceptors (Lipinski definition) is 6. The van der Waals surface area contributed by atoms with Crippen LogP contribution in [-0.2, 0) is 28.6 Å². The molecule has 0 aliphatic rings. The number of carbonyl (C=O) groups is 3. The molecule has 0 saturated carbocycles. The minimum Gasteiger partial charge on any atom is -0.462 e. The highest BCUT2D eigenvalue weighted by atomic mass is 16.6. The molecule has 0 spiro atoms. The molecule has 0 aliphatic heterocycles. The first-order valence-electron chi connectivity index (χ1n) is 33.6. The van der Waals surface area contributed by atoms with E-state index in [1.54, 1.807) is 0 Å². The second-order valence-corrected chi connectivity index (χ2v) is 22.7. The summed E-state index contributed by atoms with van der Waals surface area (Å²) in [6, 6.07) is 0. The first-order valence-corrected chi connectivity index (χ1v) is 33.6. The van der Waals surface area contributed by atoms with Crippen LogP contribution < -0.4 is 0 Å². The van der Waals surface area contributed by atoms with Gasteiger partial charge in [0.1, 0.15) is 13.2 Å². The van der Waals surface area contributed by atoms with Gasteiger partial charge in [0.2, 0.25) is 0 Å². The number of esters is 3. The highest BCUT2D eigenvalue weighted by molar-refractivity contribution is 5.71. The van der Waals surface area contributed by atoms with E-state index in [0.717, 1.165) is 96.3 Å². The van der Waals surface area contributed by atoms with Gasteiger partial charge in [-0.1, -0.05) is 333 Å². The molecule has 1 atom stereocenters. The van der Waals surface area contributed by atoms with E-state index in [4.69, 9.17) is 14.2 Å². The summed E-state index contributed by atoms with van der Waals surface area (Å²) in [5.74, 6) is -0.898. The van der Waals surface area contributed by atoms with Gasteiger partial charge in [-0.15, -0.1) is 0 Å². The van der Waals surface area contributed by atoms with Crippen LogP contribution in [0.1, 0.15) is 361 Å². The average Bonchev–Trinajstić information content (AvgIpc) is 3.42. The molecule has 0 radical (unpaired) electrons. The summed E-state index contributed by atoms with van der Waals surface area (Å²) < 4.78 is 16.8. The van der Waals surface area contributed by atoms with Crippen molar-refractivity contribution in [3.8, 4) is 0 Å². The Balaban J connectivity index is 3.90. The fourth-order valence-electron chi connectivity index (χ4n) is 10.1. The molecule has 0 aromatic heterocycles. The van der Waals surface area contributed by atoms with E-state index < -0.39 is 6.10 Å². The van der Waals surface area contributed by atoms with Gasteiger partial charge >= 0.3 is 17.9 Å². The molecule has 0 amide bonds. The number of hydrogen-bond donors (Lipinski definition) is 0. The molecular weight excluding hydrogens is 937 g/mol. The Hall–Kier alpha value is -2.63. The van der Waals surface area contributed by atoms with Crippen molar-refractivity contribution in [2.24, 2.45) is 0 Å². The molecule has 0 heterocycles. The Kier molecular flexibility index (Phi) is 62.6. The maximum absolute atomic E-state index is 12.8. The Morgan fingerprint density at radius 2 is 0.513 bits per heavy atom. The fourth-order valence-corrected chi connectivity index (χ4v) is 10.1. The largest absolute Gasteiger partial charge is 0.462 e. The van der Waals surface area contributed by atoms with E-state index in [1.807, 2.05) is 0 Å². The fraction of sp³-hybridized carbons (Fsp3) is 0.843. The summed E-state index contributed by atoms with van der Waals surface area (Å²) in [6.07, 6.45) is 82.0. The Bertz CT molecular complexity index is 1310. The van der Waals surface area contributed by atoms with Gasteiger partial charge in [-0.2, -0.15) is 0 Å². The van der Waals surface area contributed by atoms with E-state index in [2.05, 4.69) is 69.4 Å². The van der Waals surface area contributed by atoms with Crippen molar-refractivity contribution < 1.29 is 28.6 Å². The average molecular weight is 1070 g/mol. The predicted molar refractivity (Wildman–Crippen MR) is 330 cm³/mol. The second-order valence-electron chi connectivity index (χ2n) is 22.7. The van der Waals surface area contributed by atoms with Crippen LogP contribution in [0.4, 0.5) is 0 Å². The molecule has 6 heteroatoms. The van der Waals surface area contributed by atoms with E-state index >= 15 is 0 Å². The number of allylic oxidation sites excluding steroid dienone is 8. The summed E-state index contributed by atoms with van der Waals surface area (Å²) >= 11 is 0. The van der Waals surface area contributed by atoms with Crippen molar-refractivity contribution in [2.75, 3.05) is 13.2 Å². The predicted octanol–water partition coefficient (Wildman–Crippen LogP) is 22.9. The molecule has 76 heavy (non-hydrogen) atoms. The van der Waals surface area contributed by atoms with Crippen molar-refractivity contribution in [3.05, 3.63) is 48.6 Å². The van der Waals surface area contributed by atoms with Crippen LogP contribution in [0, 0.1) is 0 Å². The van der Waals surface area contributed by atoms with Crippen LogP contribution in [0.2, 0.25) is 0 Å². The van der Waals surface area contributed by atoms with Crippen LogP contribution in [0.3, 0.4) is 0 Å². The number of unbranched alkanes of at least 4 members (excludes halogenated alkanes) is 43. The highest BCUT2D eigenvalue weighted by Gasteiger charge is 2.19. The van der Waals surface area contributed by atoms with Crippen molar-refractivity contribution in [1.29, 1.82) is 0 Å². The summed E-state index contributed by atoms with van der Waals surface area (Å²) in [6.45, 7) is 6.49. The third-order valence-corrected chi connectivity index (χ3v) is 15.1. The molecule has 0 aromatic carbocycles. The number of carbonyl (C=O) groups excluding carboxylic acids is 3. The van der Waals surface area contributed by atoms with Crippen molar-refractivity contribution in [2.45, 2.75) is 367 Å². The molecule has 0 aromatic rings. The normalized spacial score (nSPS) is 12.3. The van der Waals surface area contributed by atoms with Crippen molar-refractivity contribution in [3.63, 3.8) is 0 Å².